The molecule has 4 nitrogen and oxygen atoms in total. The molecular weight excluding hydrogens is 300 g/mol. The Hall–Kier alpha value is -2.62. The lowest BCUT2D eigenvalue weighted by Gasteiger charge is -2.23. The Morgan fingerprint density at radius 2 is 1.75 bits per heavy atom. The summed E-state index contributed by atoms with van der Waals surface area (Å²) >= 11 is 0. The van der Waals surface area contributed by atoms with Gasteiger partial charge in [-0.15, -0.1) is 0 Å². The van der Waals surface area contributed by atoms with Gasteiger partial charge in [0.05, 0.1) is 4.92 Å². The maximum Gasteiger partial charge on any atom is 0.270 e. The molecule has 0 bridgehead atoms. The summed E-state index contributed by atoms with van der Waals surface area (Å²) in [5.74, 6) is 1.21. The van der Waals surface area contributed by atoms with Gasteiger partial charge in [0.1, 0.15) is 0 Å². The van der Waals surface area contributed by atoms with Crippen LogP contribution in [0.4, 0.5) is 5.69 Å². The second-order valence-electron chi connectivity index (χ2n) is 5.79. The second-order valence-corrected chi connectivity index (χ2v) is 5.79. The minimum atomic E-state index is -0.351. The van der Waals surface area contributed by atoms with Gasteiger partial charge in [-0.1, -0.05) is 30.3 Å². The van der Waals surface area contributed by atoms with Crippen LogP contribution in [-0.4, -0.2) is 9.91 Å². The van der Waals surface area contributed by atoms with Crippen molar-refractivity contribution in [3.63, 3.8) is 0 Å². The van der Waals surface area contributed by atoms with Crippen molar-refractivity contribution in [1.82, 2.24) is 4.98 Å². The van der Waals surface area contributed by atoms with E-state index in [2.05, 4.69) is 30.0 Å². The van der Waals surface area contributed by atoms with E-state index in [-0.39, 0.29) is 16.5 Å². The predicted molar refractivity (Wildman–Crippen MR) is 93.7 cm³/mol. The lowest BCUT2D eigenvalue weighted by Crippen LogP contribution is -2.10. The molecule has 1 aliphatic rings. The van der Waals surface area contributed by atoms with Gasteiger partial charge in [-0.05, 0) is 48.8 Å². The van der Waals surface area contributed by atoms with Crippen LogP contribution >= 0.6 is 0 Å². The van der Waals surface area contributed by atoms with Gasteiger partial charge < -0.3 is 4.98 Å². The van der Waals surface area contributed by atoms with Crippen molar-refractivity contribution in [3.8, 4) is 0 Å². The molecule has 1 N–H and O–H groups in total. The summed E-state index contributed by atoms with van der Waals surface area (Å²) in [6, 6.07) is 15.2. The maximum absolute atomic E-state index is 11.1. The summed E-state index contributed by atoms with van der Waals surface area (Å²) in [5, 5.41) is 12.0. The minimum absolute atomic E-state index is 0.0388. The van der Waals surface area contributed by atoms with Crippen molar-refractivity contribution in [1.29, 1.82) is 0 Å². The minimum Gasteiger partial charge on any atom is -0.361 e. The number of hydrogen-bond donors (Lipinski definition) is 1. The highest BCUT2D eigenvalue weighted by Gasteiger charge is 2.31. The topological polar surface area (TPSA) is 58.9 Å². The molecule has 1 aromatic heterocycles. The first-order valence-corrected chi connectivity index (χ1v) is 7.76. The molecule has 1 atom stereocenters. The zero-order valence-corrected chi connectivity index (χ0v) is 12.8. The average Bonchev–Trinajstić information content (AvgIpc) is 3.26. The summed E-state index contributed by atoms with van der Waals surface area (Å²) in [6.07, 6.45) is 10.2. The molecule has 5 radical (unpaired) electrons. The zero-order chi connectivity index (χ0) is 16.5. The van der Waals surface area contributed by atoms with Crippen LogP contribution in [0.5, 0.6) is 0 Å². The number of H-pyrrole nitrogens is 1. The largest absolute Gasteiger partial charge is 0.361 e. The van der Waals surface area contributed by atoms with Gasteiger partial charge in [-0.3, -0.25) is 10.1 Å². The number of aromatic nitrogens is 1. The van der Waals surface area contributed by atoms with Gasteiger partial charge in [-0.25, -0.2) is 0 Å². The number of nitrogens with one attached hydrogen (secondary N) is 1. The number of fused-ring (bicyclic) bond motifs is 1. The predicted octanol–water partition coefficient (Wildman–Crippen LogP) is 4.61. The molecule has 0 spiro atoms. The summed E-state index contributed by atoms with van der Waals surface area (Å²) in [4.78, 5) is 14.0. The number of aromatic amines is 1. The number of hydrogen-bond acceptors (Lipinski definition) is 2. The SMILES string of the molecule is O=[N+]([O-])c1ccc2[nH]cc(C([C]3[CH][CH][CH][CH]3)c3ccccc3)c2c1. The van der Waals surface area contributed by atoms with Crippen LogP contribution in [0.1, 0.15) is 17.0 Å². The summed E-state index contributed by atoms with van der Waals surface area (Å²) in [7, 11) is 0. The monoisotopic (exact) mass is 315 g/mol. The van der Waals surface area contributed by atoms with Crippen molar-refractivity contribution < 1.29 is 4.92 Å². The fourth-order valence-electron chi connectivity index (χ4n) is 3.26. The lowest BCUT2D eigenvalue weighted by molar-refractivity contribution is -0.384. The van der Waals surface area contributed by atoms with Crippen molar-refractivity contribution in [3.05, 3.63) is 108 Å². The number of benzene rings is 2. The molecule has 3 aromatic rings. The number of non-ortho nitro benzene ring substituents is 1. The van der Waals surface area contributed by atoms with E-state index >= 15 is 0 Å². The van der Waals surface area contributed by atoms with E-state index in [1.54, 1.807) is 12.1 Å². The van der Waals surface area contributed by atoms with Crippen LogP contribution in [0, 0.1) is 41.7 Å². The molecule has 0 aliphatic heterocycles. The van der Waals surface area contributed by atoms with Gasteiger partial charge in [0.2, 0.25) is 0 Å². The molecule has 1 saturated carbocycles. The maximum atomic E-state index is 11.1. The number of rotatable bonds is 4. The van der Waals surface area contributed by atoms with Crippen LogP contribution in [0.3, 0.4) is 0 Å². The molecule has 24 heavy (non-hydrogen) atoms. The molecule has 1 heterocycles. The van der Waals surface area contributed by atoms with E-state index in [0.29, 0.717) is 0 Å². The Kier molecular flexibility index (Phi) is 3.81. The Morgan fingerprint density at radius 3 is 2.46 bits per heavy atom. The molecule has 0 saturated heterocycles. The van der Waals surface area contributed by atoms with E-state index in [1.165, 1.54) is 12.0 Å². The Bertz CT molecular complexity index is 864. The van der Waals surface area contributed by atoms with Crippen LogP contribution < -0.4 is 0 Å². The number of nitro benzene ring substituents is 1. The van der Waals surface area contributed by atoms with Crippen molar-refractivity contribution in [2.75, 3.05) is 0 Å². The summed E-state index contributed by atoms with van der Waals surface area (Å²) in [5.41, 5.74) is 3.22. The highest BCUT2D eigenvalue weighted by Crippen LogP contribution is 2.44. The van der Waals surface area contributed by atoms with Crippen LogP contribution in [0.2, 0.25) is 0 Å². The third-order valence-corrected chi connectivity index (χ3v) is 4.37. The van der Waals surface area contributed by atoms with Gasteiger partial charge in [-0.2, -0.15) is 0 Å². The van der Waals surface area contributed by atoms with Crippen LogP contribution in [0.25, 0.3) is 10.9 Å². The normalized spacial score (nSPS) is 16.5. The first kappa shape index (κ1) is 14.9. The Labute approximate surface area is 140 Å². The van der Waals surface area contributed by atoms with E-state index in [4.69, 9.17) is 0 Å². The van der Waals surface area contributed by atoms with E-state index < -0.39 is 0 Å². The first-order valence-electron chi connectivity index (χ1n) is 7.76. The lowest BCUT2D eigenvalue weighted by atomic mass is 9.79. The summed E-state index contributed by atoms with van der Waals surface area (Å²) in [6.45, 7) is 0. The van der Waals surface area contributed by atoms with E-state index in [9.17, 15) is 10.1 Å². The molecule has 1 unspecified atom stereocenters. The highest BCUT2D eigenvalue weighted by atomic mass is 16.6. The molecular formula is C20H15N2O2. The standard InChI is InChI=1S/C20H15N2O2/c23-22(24)16-10-11-19-17(12-16)18(13-21-19)20(15-8-4-5-9-15)14-6-2-1-3-7-14/h1-13,20-21H. The molecule has 4 heteroatoms. The molecule has 0 amide bonds. The van der Waals surface area contributed by atoms with Gasteiger partial charge in [0.25, 0.3) is 5.69 Å². The number of nitrogens with zero attached hydrogens (tertiary/aromatic N) is 1. The molecule has 1 fully saturated rings. The van der Waals surface area contributed by atoms with E-state index in [0.717, 1.165) is 22.0 Å². The molecule has 2 aromatic carbocycles. The zero-order valence-electron chi connectivity index (χ0n) is 12.8. The second kappa shape index (κ2) is 6.11. The molecule has 1 aliphatic carbocycles. The Balaban J connectivity index is 1.87. The first-order chi connectivity index (χ1) is 11.7. The highest BCUT2D eigenvalue weighted by molar-refractivity contribution is 5.87. The van der Waals surface area contributed by atoms with Crippen molar-refractivity contribution in [2.45, 2.75) is 5.92 Å². The molecule has 4 rings (SSSR count). The van der Waals surface area contributed by atoms with Crippen LogP contribution in [-0.2, 0) is 0 Å². The third kappa shape index (κ3) is 2.58. The van der Waals surface area contributed by atoms with Crippen molar-refractivity contribution in [2.24, 2.45) is 0 Å². The fraction of sp³-hybridized carbons (Fsp3) is 0.0500. The third-order valence-electron chi connectivity index (χ3n) is 4.37. The van der Waals surface area contributed by atoms with Gasteiger partial charge in [0, 0.05) is 35.2 Å². The van der Waals surface area contributed by atoms with E-state index in [1.807, 2.05) is 37.2 Å². The average molecular weight is 315 g/mol. The summed E-state index contributed by atoms with van der Waals surface area (Å²) < 4.78 is 0. The van der Waals surface area contributed by atoms with Gasteiger partial charge in [0.15, 0.2) is 0 Å². The van der Waals surface area contributed by atoms with Crippen LogP contribution in [0.15, 0.2) is 54.7 Å². The Morgan fingerprint density at radius 1 is 1.00 bits per heavy atom. The van der Waals surface area contributed by atoms with Gasteiger partial charge >= 0.3 is 0 Å². The number of nitro groups is 1. The van der Waals surface area contributed by atoms with Crippen molar-refractivity contribution >= 4 is 16.6 Å². The smallest absolute Gasteiger partial charge is 0.270 e. The molecule has 117 valence electrons. The quantitative estimate of drug-likeness (QED) is 0.564. The fourth-order valence-corrected chi connectivity index (χ4v) is 3.26.